The Morgan fingerprint density at radius 2 is 2.10 bits per heavy atom. The number of carbonyl (C=O) groups is 2. The fraction of sp³-hybridized carbons (Fsp3) is 0.524. The molecule has 2 aromatic rings. The normalized spacial score (nSPS) is 24.4. The van der Waals surface area contributed by atoms with Crippen LogP contribution in [0, 0.1) is 5.41 Å². The van der Waals surface area contributed by atoms with E-state index in [9.17, 15) is 14.7 Å². The van der Waals surface area contributed by atoms with E-state index in [4.69, 9.17) is 4.74 Å². The number of methoxy groups -OCH3 is 1. The second kappa shape index (κ2) is 7.94. The summed E-state index contributed by atoms with van der Waals surface area (Å²) in [6, 6.07) is 7.47. The average Bonchev–Trinajstić information content (AvgIpc) is 3.39. The van der Waals surface area contributed by atoms with Crippen molar-refractivity contribution < 1.29 is 19.4 Å². The molecule has 8 nitrogen and oxygen atoms in total. The van der Waals surface area contributed by atoms with Gasteiger partial charge in [-0.05, 0) is 37.8 Å². The molecule has 2 unspecified atom stereocenters. The Bertz CT molecular complexity index is 915. The standard InChI is InChI=1S/C21H26N4O4/c1-29-12-9-21(20(27)28)8-11-24(13-21)19(26)17-7-4-10-25(17)18-15-5-2-3-6-16(15)22-14-23-18/h2-3,5-6,14,17H,4,7-13H2,1H3,(H,27,28). The molecule has 0 spiro atoms. The van der Waals surface area contributed by atoms with Crippen molar-refractivity contribution in [2.45, 2.75) is 31.7 Å². The van der Waals surface area contributed by atoms with Gasteiger partial charge in [-0.25, -0.2) is 9.97 Å². The van der Waals surface area contributed by atoms with Gasteiger partial charge in [0.1, 0.15) is 18.2 Å². The van der Waals surface area contributed by atoms with Gasteiger partial charge in [-0.3, -0.25) is 9.59 Å². The molecule has 1 aromatic carbocycles. The Hall–Kier alpha value is -2.74. The van der Waals surface area contributed by atoms with E-state index < -0.39 is 11.4 Å². The summed E-state index contributed by atoms with van der Waals surface area (Å²) in [4.78, 5) is 37.9. The summed E-state index contributed by atoms with van der Waals surface area (Å²) in [6.07, 6.45) is 4.05. The summed E-state index contributed by atoms with van der Waals surface area (Å²) in [5, 5.41) is 10.7. The lowest BCUT2D eigenvalue weighted by atomic mass is 9.84. The number of aliphatic carboxylic acids is 1. The predicted octanol–water partition coefficient (Wildman–Crippen LogP) is 1.94. The van der Waals surface area contributed by atoms with Crippen molar-refractivity contribution in [3.8, 4) is 0 Å². The molecule has 29 heavy (non-hydrogen) atoms. The van der Waals surface area contributed by atoms with Gasteiger partial charge in [0.05, 0.1) is 10.9 Å². The molecule has 4 rings (SSSR count). The van der Waals surface area contributed by atoms with Crippen LogP contribution >= 0.6 is 0 Å². The highest BCUT2D eigenvalue weighted by atomic mass is 16.5. The maximum absolute atomic E-state index is 13.4. The molecule has 2 fully saturated rings. The molecule has 2 aliphatic rings. The number of anilines is 1. The van der Waals surface area contributed by atoms with Crippen molar-refractivity contribution in [2.75, 3.05) is 38.3 Å². The van der Waals surface area contributed by atoms with Crippen molar-refractivity contribution >= 4 is 28.6 Å². The number of fused-ring (bicyclic) bond motifs is 1. The lowest BCUT2D eigenvalue weighted by Crippen LogP contribution is -2.46. The Morgan fingerprint density at radius 3 is 2.90 bits per heavy atom. The molecule has 1 aromatic heterocycles. The molecule has 1 amide bonds. The molecular weight excluding hydrogens is 372 g/mol. The van der Waals surface area contributed by atoms with Gasteiger partial charge in [0.2, 0.25) is 5.91 Å². The highest BCUT2D eigenvalue weighted by Crippen LogP contribution is 2.37. The maximum Gasteiger partial charge on any atom is 0.311 e. The van der Waals surface area contributed by atoms with Crippen molar-refractivity contribution in [2.24, 2.45) is 5.41 Å². The summed E-state index contributed by atoms with van der Waals surface area (Å²) in [5.74, 6) is -0.0878. The fourth-order valence-electron chi connectivity index (χ4n) is 4.55. The van der Waals surface area contributed by atoms with E-state index in [2.05, 4.69) is 14.9 Å². The third kappa shape index (κ3) is 3.53. The van der Waals surface area contributed by atoms with E-state index in [0.717, 1.165) is 36.1 Å². The zero-order valence-electron chi connectivity index (χ0n) is 16.6. The van der Waals surface area contributed by atoms with Crippen molar-refractivity contribution in [3.05, 3.63) is 30.6 Å². The SMILES string of the molecule is COCCC1(C(=O)O)CCN(C(=O)C2CCCN2c2ncnc3ccccc23)C1. The molecule has 2 atom stereocenters. The topological polar surface area (TPSA) is 95.9 Å². The monoisotopic (exact) mass is 398 g/mol. The molecular formula is C21H26N4O4. The summed E-state index contributed by atoms with van der Waals surface area (Å²) >= 11 is 0. The number of rotatable bonds is 6. The Morgan fingerprint density at radius 1 is 1.28 bits per heavy atom. The molecule has 0 aliphatic carbocycles. The molecule has 2 aliphatic heterocycles. The van der Waals surface area contributed by atoms with Crippen molar-refractivity contribution in [3.63, 3.8) is 0 Å². The Kier molecular flexibility index (Phi) is 5.36. The van der Waals surface area contributed by atoms with Crippen LogP contribution in [0.5, 0.6) is 0 Å². The number of nitrogens with zero attached hydrogens (tertiary/aromatic N) is 4. The second-order valence-corrected chi connectivity index (χ2v) is 7.90. The minimum Gasteiger partial charge on any atom is -0.481 e. The lowest BCUT2D eigenvalue weighted by Gasteiger charge is -2.30. The maximum atomic E-state index is 13.4. The van der Waals surface area contributed by atoms with Crippen molar-refractivity contribution in [1.29, 1.82) is 0 Å². The molecule has 0 saturated carbocycles. The molecule has 3 heterocycles. The van der Waals surface area contributed by atoms with Crippen LogP contribution in [0.2, 0.25) is 0 Å². The third-order valence-electron chi connectivity index (χ3n) is 6.24. The van der Waals surface area contributed by atoms with Gasteiger partial charge in [0.15, 0.2) is 0 Å². The zero-order valence-corrected chi connectivity index (χ0v) is 16.6. The molecule has 154 valence electrons. The Labute approximate surface area is 169 Å². The van der Waals surface area contributed by atoms with Crippen LogP contribution in [0.4, 0.5) is 5.82 Å². The average molecular weight is 398 g/mol. The number of carboxylic acid groups (broad SMARTS) is 1. The van der Waals surface area contributed by atoms with Crippen LogP contribution in [0.25, 0.3) is 10.9 Å². The number of para-hydroxylation sites is 1. The van der Waals surface area contributed by atoms with Gasteiger partial charge >= 0.3 is 5.97 Å². The van der Waals surface area contributed by atoms with Gasteiger partial charge in [-0.15, -0.1) is 0 Å². The van der Waals surface area contributed by atoms with Gasteiger partial charge in [-0.1, -0.05) is 12.1 Å². The molecule has 0 radical (unpaired) electrons. The number of carboxylic acids is 1. The van der Waals surface area contributed by atoms with Gasteiger partial charge < -0.3 is 19.6 Å². The van der Waals surface area contributed by atoms with Gasteiger partial charge in [-0.2, -0.15) is 0 Å². The van der Waals surface area contributed by atoms with E-state index >= 15 is 0 Å². The minimum atomic E-state index is -0.920. The predicted molar refractivity (Wildman–Crippen MR) is 108 cm³/mol. The molecule has 2 saturated heterocycles. The number of benzene rings is 1. The van der Waals surface area contributed by atoms with Crippen LogP contribution in [0.3, 0.4) is 0 Å². The highest BCUT2D eigenvalue weighted by molar-refractivity contribution is 5.93. The number of hydrogen-bond acceptors (Lipinski definition) is 6. The number of amides is 1. The highest BCUT2D eigenvalue weighted by Gasteiger charge is 2.48. The van der Waals surface area contributed by atoms with Crippen LogP contribution in [0.15, 0.2) is 30.6 Å². The number of aromatic nitrogens is 2. The summed E-state index contributed by atoms with van der Waals surface area (Å²) in [5.41, 5.74) is -0.0716. The van der Waals surface area contributed by atoms with Crippen molar-refractivity contribution in [1.82, 2.24) is 14.9 Å². The summed E-state index contributed by atoms with van der Waals surface area (Å²) in [6.45, 7) is 1.82. The summed E-state index contributed by atoms with van der Waals surface area (Å²) < 4.78 is 5.10. The van der Waals surface area contributed by atoms with Gasteiger partial charge in [0.25, 0.3) is 0 Å². The van der Waals surface area contributed by atoms with E-state index in [0.29, 0.717) is 26.0 Å². The summed E-state index contributed by atoms with van der Waals surface area (Å²) in [7, 11) is 1.57. The van der Waals surface area contributed by atoms with Crippen LogP contribution in [-0.4, -0.2) is 71.2 Å². The zero-order chi connectivity index (χ0) is 20.4. The number of hydrogen-bond donors (Lipinski definition) is 1. The quantitative estimate of drug-likeness (QED) is 0.794. The second-order valence-electron chi connectivity index (χ2n) is 7.90. The fourth-order valence-corrected chi connectivity index (χ4v) is 4.55. The molecule has 1 N–H and O–H groups in total. The number of carbonyl (C=O) groups excluding carboxylic acids is 1. The number of ether oxygens (including phenoxy) is 1. The van der Waals surface area contributed by atoms with Crippen LogP contribution < -0.4 is 4.90 Å². The molecule has 8 heteroatoms. The van der Waals surface area contributed by atoms with Crippen LogP contribution in [0.1, 0.15) is 25.7 Å². The first-order valence-electron chi connectivity index (χ1n) is 10.0. The first kappa shape index (κ1) is 19.6. The first-order chi connectivity index (χ1) is 14.1. The Balaban J connectivity index is 1.56. The number of likely N-dealkylation sites (tertiary alicyclic amines) is 1. The van der Waals surface area contributed by atoms with Gasteiger partial charge in [0, 0.05) is 38.7 Å². The van der Waals surface area contributed by atoms with E-state index in [-0.39, 0.29) is 18.5 Å². The van der Waals surface area contributed by atoms with E-state index in [1.807, 2.05) is 24.3 Å². The molecule has 0 bridgehead atoms. The van der Waals surface area contributed by atoms with E-state index in [1.54, 1.807) is 12.0 Å². The minimum absolute atomic E-state index is 0.00858. The van der Waals surface area contributed by atoms with Crippen LogP contribution in [-0.2, 0) is 14.3 Å². The first-order valence-corrected chi connectivity index (χ1v) is 10.0. The lowest BCUT2D eigenvalue weighted by molar-refractivity contribution is -0.149. The smallest absolute Gasteiger partial charge is 0.311 e. The van der Waals surface area contributed by atoms with E-state index in [1.165, 1.54) is 6.33 Å². The largest absolute Gasteiger partial charge is 0.481 e. The third-order valence-corrected chi connectivity index (χ3v) is 6.24.